The number of fused-ring (bicyclic) bond motifs is 1. The summed E-state index contributed by atoms with van der Waals surface area (Å²) in [5.41, 5.74) is 4.40. The quantitative estimate of drug-likeness (QED) is 0.520. The van der Waals surface area contributed by atoms with E-state index in [1.807, 2.05) is 54.6 Å². The van der Waals surface area contributed by atoms with Crippen LogP contribution < -0.4 is 10.6 Å². The lowest BCUT2D eigenvalue weighted by Crippen LogP contribution is -2.31. The molecule has 1 aliphatic heterocycles. The molecule has 4 rings (SSSR count). The van der Waals surface area contributed by atoms with E-state index in [9.17, 15) is 14.4 Å². The van der Waals surface area contributed by atoms with E-state index >= 15 is 0 Å². The van der Waals surface area contributed by atoms with Gasteiger partial charge in [-0.25, -0.2) is 0 Å². The highest BCUT2D eigenvalue weighted by atomic mass is 16.4. The van der Waals surface area contributed by atoms with Crippen molar-refractivity contribution >= 4 is 40.4 Å². The molecule has 3 aromatic carbocycles. The summed E-state index contributed by atoms with van der Waals surface area (Å²) in [5.74, 6) is -1.71. The van der Waals surface area contributed by atoms with Crippen molar-refractivity contribution in [3.8, 4) is 0 Å². The number of aliphatic carboxylic acids is 1. The first-order valence-electron chi connectivity index (χ1n) is 9.99. The summed E-state index contributed by atoms with van der Waals surface area (Å²) in [6.07, 6.45) is 0. The lowest BCUT2D eigenvalue weighted by Gasteiger charge is -2.17. The number of benzene rings is 3. The fourth-order valence-electron chi connectivity index (χ4n) is 3.62. The summed E-state index contributed by atoms with van der Waals surface area (Å²) in [4.78, 5) is 37.6. The number of carbonyl (C=O) groups excluding carboxylic acids is 2. The van der Waals surface area contributed by atoms with Crippen LogP contribution in [0.3, 0.4) is 0 Å². The topological polar surface area (TPSA) is 98.7 Å². The van der Waals surface area contributed by atoms with Crippen LogP contribution in [0.2, 0.25) is 0 Å². The zero-order valence-electron chi connectivity index (χ0n) is 17.3. The van der Waals surface area contributed by atoms with Gasteiger partial charge in [-0.1, -0.05) is 54.6 Å². The molecular formula is C25H21N3O4. The molecule has 1 aliphatic rings. The summed E-state index contributed by atoms with van der Waals surface area (Å²) >= 11 is 0. The van der Waals surface area contributed by atoms with Gasteiger partial charge < -0.3 is 20.6 Å². The molecule has 0 aromatic heterocycles. The number of amides is 2. The predicted octanol–water partition coefficient (Wildman–Crippen LogP) is 3.78. The molecule has 1 heterocycles. The zero-order chi connectivity index (χ0) is 22.7. The van der Waals surface area contributed by atoms with Crippen molar-refractivity contribution in [1.82, 2.24) is 4.90 Å². The fraction of sp³-hybridized carbons (Fsp3) is 0.0800. The van der Waals surface area contributed by atoms with Crippen LogP contribution in [0.1, 0.15) is 21.5 Å². The molecule has 0 bridgehead atoms. The predicted molar refractivity (Wildman–Crippen MR) is 123 cm³/mol. The van der Waals surface area contributed by atoms with Gasteiger partial charge in [-0.3, -0.25) is 14.4 Å². The maximum atomic E-state index is 12.9. The number of nitrogens with zero attached hydrogens (tertiary/aromatic N) is 1. The van der Waals surface area contributed by atoms with Gasteiger partial charge in [-0.15, -0.1) is 0 Å². The van der Waals surface area contributed by atoms with Gasteiger partial charge in [-0.2, -0.15) is 0 Å². The van der Waals surface area contributed by atoms with E-state index in [0.717, 1.165) is 21.7 Å². The van der Waals surface area contributed by atoms with Crippen LogP contribution in [0.4, 0.5) is 11.4 Å². The number of nitrogens with one attached hydrogen (secondary N) is 2. The second kappa shape index (κ2) is 8.77. The Balaban J connectivity index is 1.76. The number of carboxylic acids is 1. The smallest absolute Gasteiger partial charge is 0.323 e. The first kappa shape index (κ1) is 20.9. The molecule has 2 amide bonds. The number of likely N-dealkylation sites (N-methyl/N-ethyl adjacent to an activating group) is 1. The Kier molecular flexibility index (Phi) is 5.72. The van der Waals surface area contributed by atoms with Crippen LogP contribution in [0.5, 0.6) is 0 Å². The zero-order valence-corrected chi connectivity index (χ0v) is 17.3. The Morgan fingerprint density at radius 3 is 2.38 bits per heavy atom. The Morgan fingerprint density at radius 2 is 1.62 bits per heavy atom. The maximum Gasteiger partial charge on any atom is 0.323 e. The van der Waals surface area contributed by atoms with Crippen molar-refractivity contribution in [1.29, 1.82) is 0 Å². The second-order valence-electron chi connectivity index (χ2n) is 7.38. The van der Waals surface area contributed by atoms with Crippen LogP contribution in [0.25, 0.3) is 11.3 Å². The molecule has 0 atom stereocenters. The van der Waals surface area contributed by atoms with Crippen molar-refractivity contribution in [2.45, 2.75) is 0 Å². The molecule has 32 heavy (non-hydrogen) atoms. The Labute approximate surface area is 185 Å². The van der Waals surface area contributed by atoms with E-state index < -0.39 is 18.4 Å². The first-order chi connectivity index (χ1) is 15.4. The number of anilines is 2. The molecule has 0 radical (unpaired) electrons. The van der Waals surface area contributed by atoms with Gasteiger partial charge in [-0.05, 0) is 29.8 Å². The maximum absolute atomic E-state index is 12.9. The van der Waals surface area contributed by atoms with Crippen molar-refractivity contribution in [3.63, 3.8) is 0 Å². The van der Waals surface area contributed by atoms with E-state index in [0.29, 0.717) is 22.5 Å². The van der Waals surface area contributed by atoms with E-state index in [4.69, 9.17) is 5.11 Å². The normalized spacial score (nSPS) is 13.7. The lowest BCUT2D eigenvalue weighted by molar-refractivity contribution is -0.137. The first-order valence-corrected chi connectivity index (χ1v) is 9.99. The fourth-order valence-corrected chi connectivity index (χ4v) is 3.62. The van der Waals surface area contributed by atoms with E-state index in [1.54, 1.807) is 24.3 Å². The number of carboxylic acid groups (broad SMARTS) is 1. The molecule has 3 N–H and O–H groups in total. The second-order valence-corrected chi connectivity index (χ2v) is 7.38. The van der Waals surface area contributed by atoms with E-state index in [-0.39, 0.29) is 5.91 Å². The number of hydrogen-bond acceptors (Lipinski definition) is 4. The average molecular weight is 427 g/mol. The third kappa shape index (κ3) is 4.22. The number of carbonyl (C=O) groups is 3. The minimum absolute atomic E-state index is 0.217. The molecule has 0 fully saturated rings. The molecule has 0 saturated heterocycles. The average Bonchev–Trinajstić information content (AvgIpc) is 3.13. The summed E-state index contributed by atoms with van der Waals surface area (Å²) in [6.45, 7) is -0.396. The molecule has 0 spiro atoms. The van der Waals surface area contributed by atoms with Crippen LogP contribution in [-0.4, -0.2) is 41.4 Å². The monoisotopic (exact) mass is 427 g/mol. The molecule has 160 valence electrons. The Morgan fingerprint density at radius 1 is 0.938 bits per heavy atom. The summed E-state index contributed by atoms with van der Waals surface area (Å²) < 4.78 is 0. The van der Waals surface area contributed by atoms with Gasteiger partial charge in [0.25, 0.3) is 11.8 Å². The molecule has 0 unspecified atom stereocenters. The number of para-hydroxylation sites is 1. The van der Waals surface area contributed by atoms with Crippen molar-refractivity contribution in [2.75, 3.05) is 24.2 Å². The minimum Gasteiger partial charge on any atom is -0.480 e. The van der Waals surface area contributed by atoms with Crippen LogP contribution in [-0.2, 0) is 9.59 Å². The van der Waals surface area contributed by atoms with Gasteiger partial charge in [0.2, 0.25) is 0 Å². The van der Waals surface area contributed by atoms with Crippen LogP contribution in [0.15, 0.2) is 78.9 Å². The van der Waals surface area contributed by atoms with E-state index in [2.05, 4.69) is 10.6 Å². The SMILES string of the molecule is CN(CC(=O)O)C(=O)c1cccc(NC(=C2C(=O)Nc3ccccc32)c2ccccc2)c1. The standard InChI is InChI=1S/C25H21N3O4/c1-28(15-21(29)30)25(32)17-10-7-11-18(14-17)26-23(16-8-3-2-4-9-16)22-19-12-5-6-13-20(19)27-24(22)31/h2-14,26H,15H2,1H3,(H,27,31)(H,29,30). The third-order valence-electron chi connectivity index (χ3n) is 5.08. The van der Waals surface area contributed by atoms with Gasteiger partial charge in [0.05, 0.1) is 11.3 Å². The lowest BCUT2D eigenvalue weighted by atomic mass is 10.00. The highest BCUT2D eigenvalue weighted by molar-refractivity contribution is 6.37. The highest BCUT2D eigenvalue weighted by Gasteiger charge is 2.28. The molecule has 0 aliphatic carbocycles. The van der Waals surface area contributed by atoms with Crippen LogP contribution in [0, 0.1) is 0 Å². The van der Waals surface area contributed by atoms with E-state index in [1.165, 1.54) is 7.05 Å². The van der Waals surface area contributed by atoms with Gasteiger partial charge in [0, 0.05) is 29.5 Å². The molecule has 0 saturated carbocycles. The largest absolute Gasteiger partial charge is 0.480 e. The summed E-state index contributed by atoms with van der Waals surface area (Å²) in [5, 5.41) is 15.2. The van der Waals surface area contributed by atoms with Gasteiger partial charge in [0.15, 0.2) is 0 Å². The molecule has 7 heteroatoms. The molecule has 7 nitrogen and oxygen atoms in total. The minimum atomic E-state index is -1.09. The Hall–Kier alpha value is -4.39. The number of rotatable bonds is 6. The summed E-state index contributed by atoms with van der Waals surface area (Å²) in [7, 11) is 1.44. The molecule has 3 aromatic rings. The van der Waals surface area contributed by atoms with Gasteiger partial charge >= 0.3 is 5.97 Å². The highest BCUT2D eigenvalue weighted by Crippen LogP contribution is 2.37. The van der Waals surface area contributed by atoms with Crippen molar-refractivity contribution in [3.05, 3.63) is 95.6 Å². The summed E-state index contributed by atoms with van der Waals surface area (Å²) in [6, 6.07) is 23.7. The number of hydrogen-bond donors (Lipinski definition) is 3. The van der Waals surface area contributed by atoms with Crippen LogP contribution >= 0.6 is 0 Å². The molecular weight excluding hydrogens is 406 g/mol. The van der Waals surface area contributed by atoms with Crippen molar-refractivity contribution in [2.24, 2.45) is 0 Å². The van der Waals surface area contributed by atoms with Gasteiger partial charge in [0.1, 0.15) is 6.54 Å². The van der Waals surface area contributed by atoms with Crippen molar-refractivity contribution < 1.29 is 19.5 Å². The third-order valence-corrected chi connectivity index (χ3v) is 5.08. The Bertz CT molecular complexity index is 1230.